The Kier molecular flexibility index (Phi) is 1.39. The van der Waals surface area contributed by atoms with Crippen LogP contribution in [0.4, 0.5) is 0 Å². The highest BCUT2D eigenvalue weighted by atomic mass is 16.3. The van der Waals surface area contributed by atoms with Crippen molar-refractivity contribution in [3.05, 3.63) is 0 Å². The minimum absolute atomic E-state index is 0.193. The molecule has 4 atom stereocenters. The van der Waals surface area contributed by atoms with Crippen LogP contribution >= 0.6 is 0 Å². The Balaban J connectivity index is 1.89. The molecule has 0 saturated heterocycles. The van der Waals surface area contributed by atoms with Gasteiger partial charge in [-0.05, 0) is 49.9 Å². The molecule has 0 aromatic carbocycles. The summed E-state index contributed by atoms with van der Waals surface area (Å²) in [5, 5.41) is 10.5. The highest BCUT2D eigenvalue weighted by Gasteiger charge is 2.57. The number of rotatable bonds is 0. The predicted molar refractivity (Wildman–Crippen MR) is 47.7 cm³/mol. The van der Waals surface area contributed by atoms with Crippen LogP contribution in [0.5, 0.6) is 0 Å². The maximum absolute atomic E-state index is 10.5. The van der Waals surface area contributed by atoms with Crippen LogP contribution in [-0.4, -0.2) is 10.7 Å². The molecule has 0 radical (unpaired) electrons. The van der Waals surface area contributed by atoms with Crippen molar-refractivity contribution in [2.24, 2.45) is 17.8 Å². The second-order valence-corrected chi connectivity index (χ2v) is 5.11. The summed E-state index contributed by atoms with van der Waals surface area (Å²) in [7, 11) is 0. The molecule has 0 heterocycles. The summed E-state index contributed by atoms with van der Waals surface area (Å²) in [5.41, 5.74) is -0.193. The second-order valence-electron chi connectivity index (χ2n) is 5.11. The van der Waals surface area contributed by atoms with Crippen LogP contribution in [0, 0.1) is 17.8 Å². The van der Waals surface area contributed by atoms with Gasteiger partial charge in [0.25, 0.3) is 0 Å². The van der Waals surface area contributed by atoms with Crippen LogP contribution in [0.1, 0.15) is 44.9 Å². The average Bonchev–Trinajstić information content (AvgIpc) is 2.18. The Morgan fingerprint density at radius 3 is 2.75 bits per heavy atom. The SMILES string of the molecule is O[C@]12CCCC[C@@H]1C[C@H]1CC[C@H]12. The molecule has 0 aromatic rings. The van der Waals surface area contributed by atoms with Gasteiger partial charge < -0.3 is 5.11 Å². The van der Waals surface area contributed by atoms with E-state index >= 15 is 0 Å². The van der Waals surface area contributed by atoms with Crippen LogP contribution in [0.2, 0.25) is 0 Å². The molecule has 3 fully saturated rings. The molecule has 0 amide bonds. The summed E-state index contributed by atoms with van der Waals surface area (Å²) in [6, 6.07) is 0. The molecule has 3 aliphatic rings. The van der Waals surface area contributed by atoms with E-state index in [1.165, 1.54) is 38.5 Å². The van der Waals surface area contributed by atoms with Crippen molar-refractivity contribution in [3.63, 3.8) is 0 Å². The Bertz CT molecular complexity index is 201. The summed E-state index contributed by atoms with van der Waals surface area (Å²) in [5.74, 6) is 2.31. The van der Waals surface area contributed by atoms with Gasteiger partial charge in [0.15, 0.2) is 0 Å². The number of hydrogen-bond donors (Lipinski definition) is 1. The van der Waals surface area contributed by atoms with Crippen LogP contribution in [0.3, 0.4) is 0 Å². The van der Waals surface area contributed by atoms with Gasteiger partial charge in [-0.15, -0.1) is 0 Å². The van der Waals surface area contributed by atoms with Crippen molar-refractivity contribution in [1.82, 2.24) is 0 Å². The Morgan fingerprint density at radius 2 is 2.00 bits per heavy atom. The van der Waals surface area contributed by atoms with E-state index in [-0.39, 0.29) is 5.60 Å². The van der Waals surface area contributed by atoms with Gasteiger partial charge in [0.05, 0.1) is 5.60 Å². The molecule has 0 unspecified atom stereocenters. The first-order chi connectivity index (χ1) is 5.81. The predicted octanol–water partition coefficient (Wildman–Crippen LogP) is 2.34. The van der Waals surface area contributed by atoms with E-state index in [1.807, 2.05) is 0 Å². The third-order valence-corrected chi connectivity index (χ3v) is 4.73. The number of aliphatic hydroxyl groups is 1. The molecular weight excluding hydrogens is 148 g/mol. The van der Waals surface area contributed by atoms with E-state index in [2.05, 4.69) is 0 Å². The van der Waals surface area contributed by atoms with Crippen molar-refractivity contribution in [1.29, 1.82) is 0 Å². The molecule has 0 aromatic heterocycles. The van der Waals surface area contributed by atoms with Crippen molar-refractivity contribution >= 4 is 0 Å². The highest BCUT2D eigenvalue weighted by molar-refractivity contribution is 5.08. The van der Waals surface area contributed by atoms with Gasteiger partial charge in [-0.25, -0.2) is 0 Å². The molecule has 0 aliphatic heterocycles. The van der Waals surface area contributed by atoms with Gasteiger partial charge in [-0.3, -0.25) is 0 Å². The lowest BCUT2D eigenvalue weighted by molar-refractivity contribution is -0.0858. The molecule has 0 bridgehead atoms. The van der Waals surface area contributed by atoms with Crippen molar-refractivity contribution in [2.45, 2.75) is 50.5 Å². The maximum Gasteiger partial charge on any atom is 0.0706 e. The topological polar surface area (TPSA) is 20.2 Å². The molecule has 1 N–H and O–H groups in total. The normalized spacial score (nSPS) is 57.2. The Morgan fingerprint density at radius 1 is 1.08 bits per heavy atom. The quantitative estimate of drug-likeness (QED) is 0.585. The zero-order valence-electron chi connectivity index (χ0n) is 7.63. The second kappa shape index (κ2) is 2.25. The van der Waals surface area contributed by atoms with Crippen molar-refractivity contribution in [2.75, 3.05) is 0 Å². The monoisotopic (exact) mass is 166 g/mol. The van der Waals surface area contributed by atoms with Crippen LogP contribution in [-0.2, 0) is 0 Å². The molecule has 3 rings (SSSR count). The summed E-state index contributed by atoms with van der Waals surface area (Å²) < 4.78 is 0. The van der Waals surface area contributed by atoms with Crippen molar-refractivity contribution in [3.8, 4) is 0 Å². The van der Waals surface area contributed by atoms with Gasteiger partial charge in [-0.1, -0.05) is 12.8 Å². The van der Waals surface area contributed by atoms with Gasteiger partial charge in [0, 0.05) is 0 Å². The Labute approximate surface area is 74.2 Å². The van der Waals surface area contributed by atoms with Crippen LogP contribution in [0.15, 0.2) is 0 Å². The van der Waals surface area contributed by atoms with E-state index in [0.29, 0.717) is 11.8 Å². The fourth-order valence-corrected chi connectivity index (χ4v) is 3.94. The van der Waals surface area contributed by atoms with Gasteiger partial charge in [-0.2, -0.15) is 0 Å². The van der Waals surface area contributed by atoms with E-state index in [9.17, 15) is 5.11 Å². The van der Waals surface area contributed by atoms with Crippen molar-refractivity contribution < 1.29 is 5.11 Å². The third-order valence-electron chi connectivity index (χ3n) is 4.73. The molecule has 68 valence electrons. The fraction of sp³-hybridized carbons (Fsp3) is 1.00. The average molecular weight is 166 g/mol. The van der Waals surface area contributed by atoms with E-state index in [1.54, 1.807) is 0 Å². The highest BCUT2D eigenvalue weighted by Crippen LogP contribution is 2.59. The van der Waals surface area contributed by atoms with Gasteiger partial charge >= 0.3 is 0 Å². The first-order valence-electron chi connectivity index (χ1n) is 5.53. The van der Waals surface area contributed by atoms with E-state index < -0.39 is 0 Å². The van der Waals surface area contributed by atoms with Crippen LogP contribution < -0.4 is 0 Å². The zero-order chi connectivity index (χ0) is 8.18. The zero-order valence-corrected chi connectivity index (χ0v) is 7.63. The molecule has 0 spiro atoms. The standard InChI is InChI=1S/C11H18O/c12-11-6-2-1-3-9(11)7-8-4-5-10(8)11/h8-10,12H,1-7H2/t8-,9-,10-,11-/m1/s1. The first-order valence-corrected chi connectivity index (χ1v) is 5.53. The Hall–Kier alpha value is -0.0400. The molecule has 1 nitrogen and oxygen atoms in total. The largest absolute Gasteiger partial charge is 0.389 e. The third kappa shape index (κ3) is 0.736. The van der Waals surface area contributed by atoms with Crippen LogP contribution in [0.25, 0.3) is 0 Å². The summed E-state index contributed by atoms with van der Waals surface area (Å²) in [4.78, 5) is 0. The van der Waals surface area contributed by atoms with Gasteiger partial charge in [0.1, 0.15) is 0 Å². The van der Waals surface area contributed by atoms with E-state index in [4.69, 9.17) is 0 Å². The molecule has 3 saturated carbocycles. The minimum Gasteiger partial charge on any atom is -0.389 e. The van der Waals surface area contributed by atoms with E-state index in [0.717, 1.165) is 12.3 Å². The summed E-state index contributed by atoms with van der Waals surface area (Å²) in [6.45, 7) is 0. The lowest BCUT2D eigenvalue weighted by Crippen LogP contribution is -2.45. The maximum atomic E-state index is 10.5. The molecule has 3 aliphatic carbocycles. The smallest absolute Gasteiger partial charge is 0.0706 e. The molecular formula is C11H18O. The lowest BCUT2D eigenvalue weighted by Gasteiger charge is -2.43. The van der Waals surface area contributed by atoms with Gasteiger partial charge in [0.2, 0.25) is 0 Å². The summed E-state index contributed by atoms with van der Waals surface area (Å²) in [6.07, 6.45) is 9.13. The lowest BCUT2D eigenvalue weighted by atomic mass is 9.67. The first kappa shape index (κ1) is 7.37. The summed E-state index contributed by atoms with van der Waals surface area (Å²) >= 11 is 0. The number of fused-ring (bicyclic) bond motifs is 3. The fourth-order valence-electron chi connectivity index (χ4n) is 3.94. The molecule has 1 heteroatoms. The minimum atomic E-state index is -0.193. The molecule has 12 heavy (non-hydrogen) atoms. The number of hydrogen-bond acceptors (Lipinski definition) is 1.